The number of H-pyrrole nitrogens is 1. The number of aromatic nitrogens is 2. The van der Waals surface area contributed by atoms with Crippen LogP contribution < -0.4 is 0 Å². The molecule has 2 aromatic rings. The molecule has 0 aliphatic heterocycles. The second kappa shape index (κ2) is 3.46. The van der Waals surface area contributed by atoms with Gasteiger partial charge < -0.3 is 4.98 Å². The Kier molecular flexibility index (Phi) is 2.80. The molecule has 3 heteroatoms. The molecule has 2 nitrogen and oxygen atoms in total. The zero-order chi connectivity index (χ0) is 6.97. The van der Waals surface area contributed by atoms with Crippen LogP contribution in [0.3, 0.4) is 0 Å². The van der Waals surface area contributed by atoms with Crippen molar-refractivity contribution < 1.29 is 32.7 Å². The maximum atomic E-state index is 4.12. The fraction of sp³-hybridized carbons (Fsp3) is 0.125. The summed E-state index contributed by atoms with van der Waals surface area (Å²) in [4.78, 5) is 7.21. The normalized spacial score (nSPS) is 9.55. The Balaban J connectivity index is 0.000000605. The van der Waals surface area contributed by atoms with Crippen LogP contribution in [0.15, 0.2) is 18.5 Å². The van der Waals surface area contributed by atoms with E-state index in [9.17, 15) is 0 Å². The van der Waals surface area contributed by atoms with Gasteiger partial charge in [0.2, 0.25) is 0 Å². The van der Waals surface area contributed by atoms with Gasteiger partial charge in [-0.05, 0) is 12.3 Å². The van der Waals surface area contributed by atoms with Crippen LogP contribution in [0.1, 0.15) is 5.56 Å². The van der Waals surface area contributed by atoms with E-state index in [0.717, 1.165) is 16.6 Å². The van der Waals surface area contributed by atoms with Crippen molar-refractivity contribution in [1.82, 2.24) is 9.97 Å². The Labute approximate surface area is 90.3 Å². The third-order valence-electron chi connectivity index (χ3n) is 1.58. The quantitative estimate of drug-likeness (QED) is 0.672. The molecule has 0 saturated carbocycles. The largest absolute Gasteiger partial charge is 0.437 e. The second-order valence-electron chi connectivity index (χ2n) is 2.27. The number of fused-ring (bicyclic) bond motifs is 1. The Morgan fingerprint density at radius 1 is 1.55 bits per heavy atom. The maximum Gasteiger partial charge on any atom is 0.00454 e. The van der Waals surface area contributed by atoms with Gasteiger partial charge in [0.1, 0.15) is 0 Å². The van der Waals surface area contributed by atoms with Crippen LogP contribution in [0.25, 0.3) is 11.0 Å². The molecule has 0 aliphatic carbocycles. The van der Waals surface area contributed by atoms with Crippen LogP contribution >= 0.6 is 0 Å². The smallest absolute Gasteiger partial charge is 0.00454 e. The fourth-order valence-corrected chi connectivity index (χ4v) is 1.04. The number of pyridine rings is 1. The molecule has 2 rings (SSSR count). The average Bonchev–Trinajstić information content (AvgIpc) is 2.36. The minimum absolute atomic E-state index is 0. The molecular formula is C8H7N2Y-. The molecule has 1 radical (unpaired) electrons. The van der Waals surface area contributed by atoms with Crippen molar-refractivity contribution in [2.24, 2.45) is 0 Å². The molecule has 0 atom stereocenters. The second-order valence-corrected chi connectivity index (χ2v) is 2.27. The van der Waals surface area contributed by atoms with Gasteiger partial charge in [0.15, 0.2) is 0 Å². The number of rotatable bonds is 0. The fourth-order valence-electron chi connectivity index (χ4n) is 1.04. The van der Waals surface area contributed by atoms with Gasteiger partial charge in [-0.3, -0.25) is 4.98 Å². The molecule has 0 saturated heterocycles. The van der Waals surface area contributed by atoms with E-state index in [4.69, 9.17) is 0 Å². The topological polar surface area (TPSA) is 28.7 Å². The van der Waals surface area contributed by atoms with Crippen LogP contribution in [0.4, 0.5) is 0 Å². The number of aryl methyl sites for hydroxylation is 1. The molecule has 0 aromatic carbocycles. The van der Waals surface area contributed by atoms with E-state index in [0.29, 0.717) is 0 Å². The molecule has 0 fully saturated rings. The zero-order valence-electron chi connectivity index (χ0n) is 6.26. The summed E-state index contributed by atoms with van der Waals surface area (Å²) >= 11 is 0. The summed E-state index contributed by atoms with van der Waals surface area (Å²) in [6, 6.07) is 4.97. The summed E-state index contributed by atoms with van der Waals surface area (Å²) < 4.78 is 0. The summed E-state index contributed by atoms with van der Waals surface area (Å²) in [5.41, 5.74) is 3.22. The van der Waals surface area contributed by atoms with Gasteiger partial charge in [-0.1, -0.05) is 18.6 Å². The number of hydrogen-bond acceptors (Lipinski definition) is 1. The molecule has 0 aliphatic rings. The standard InChI is InChI=1S/C8H7N2.Y/c1-6-2-4-9-7-3-5-10-8(6)7;/h3-5,10H,1H3;/q-1;. The van der Waals surface area contributed by atoms with E-state index in [1.54, 1.807) is 6.20 Å². The van der Waals surface area contributed by atoms with Crippen molar-refractivity contribution in [2.75, 3.05) is 0 Å². The Morgan fingerprint density at radius 2 is 2.36 bits per heavy atom. The molecule has 2 aromatic heterocycles. The van der Waals surface area contributed by atoms with E-state index < -0.39 is 0 Å². The van der Waals surface area contributed by atoms with Crippen LogP contribution in [-0.4, -0.2) is 9.97 Å². The summed E-state index contributed by atoms with van der Waals surface area (Å²) in [7, 11) is 0. The summed E-state index contributed by atoms with van der Waals surface area (Å²) in [5.74, 6) is 0. The SMILES string of the molecule is Cc1[c-]cnc2cc[nH]c12.[Y]. The van der Waals surface area contributed by atoms with Gasteiger partial charge in [-0.15, -0.1) is 0 Å². The molecule has 53 valence electrons. The van der Waals surface area contributed by atoms with Gasteiger partial charge in [-0.25, -0.2) is 6.07 Å². The first-order chi connectivity index (χ1) is 4.88. The average molecular weight is 220 g/mol. The van der Waals surface area contributed by atoms with Gasteiger partial charge in [-0.2, -0.15) is 5.56 Å². The molecule has 0 amide bonds. The van der Waals surface area contributed by atoms with Crippen molar-refractivity contribution in [3.63, 3.8) is 0 Å². The Morgan fingerprint density at radius 3 is 3.09 bits per heavy atom. The van der Waals surface area contributed by atoms with Crippen LogP contribution in [-0.2, 0) is 32.7 Å². The van der Waals surface area contributed by atoms with Gasteiger partial charge in [0.05, 0.1) is 0 Å². The molecule has 0 bridgehead atoms. The van der Waals surface area contributed by atoms with Crippen molar-refractivity contribution >= 4 is 11.0 Å². The first-order valence-corrected chi connectivity index (χ1v) is 3.18. The molecule has 0 unspecified atom stereocenters. The molecule has 2 heterocycles. The van der Waals surface area contributed by atoms with Crippen LogP contribution in [0.5, 0.6) is 0 Å². The first-order valence-electron chi connectivity index (χ1n) is 3.18. The van der Waals surface area contributed by atoms with Crippen molar-refractivity contribution in [2.45, 2.75) is 6.92 Å². The molecule has 11 heavy (non-hydrogen) atoms. The number of hydrogen-bond donors (Lipinski definition) is 1. The monoisotopic (exact) mass is 220 g/mol. The maximum absolute atomic E-state index is 4.12. The third kappa shape index (κ3) is 1.52. The van der Waals surface area contributed by atoms with Crippen molar-refractivity contribution in [3.8, 4) is 0 Å². The number of aromatic amines is 1. The Bertz CT molecular complexity index is 354. The molecule has 0 spiro atoms. The van der Waals surface area contributed by atoms with E-state index in [1.807, 2.05) is 19.2 Å². The summed E-state index contributed by atoms with van der Waals surface area (Å²) in [6.07, 6.45) is 3.59. The molecule has 1 N–H and O–H groups in total. The number of nitrogens with one attached hydrogen (secondary N) is 1. The molecular weight excluding hydrogens is 213 g/mol. The summed E-state index contributed by atoms with van der Waals surface area (Å²) in [6.45, 7) is 2.01. The third-order valence-corrected chi connectivity index (χ3v) is 1.58. The van der Waals surface area contributed by atoms with Crippen LogP contribution in [0, 0.1) is 13.0 Å². The van der Waals surface area contributed by atoms with Gasteiger partial charge >= 0.3 is 0 Å². The first kappa shape index (κ1) is 8.89. The minimum Gasteiger partial charge on any atom is -0.437 e. The summed E-state index contributed by atoms with van der Waals surface area (Å²) in [5, 5.41) is 0. The van der Waals surface area contributed by atoms with E-state index in [1.165, 1.54) is 0 Å². The van der Waals surface area contributed by atoms with E-state index in [-0.39, 0.29) is 32.7 Å². The number of nitrogens with zero attached hydrogens (tertiary/aromatic N) is 1. The zero-order valence-corrected chi connectivity index (χ0v) is 9.09. The predicted octanol–water partition coefficient (Wildman–Crippen LogP) is 1.67. The Hall–Kier alpha value is -0.206. The van der Waals surface area contributed by atoms with E-state index >= 15 is 0 Å². The van der Waals surface area contributed by atoms with Gasteiger partial charge in [0.25, 0.3) is 0 Å². The predicted molar refractivity (Wildman–Crippen MR) is 39.7 cm³/mol. The van der Waals surface area contributed by atoms with E-state index in [2.05, 4.69) is 16.0 Å². The minimum atomic E-state index is 0. The van der Waals surface area contributed by atoms with Crippen molar-refractivity contribution in [3.05, 3.63) is 30.1 Å². The van der Waals surface area contributed by atoms with Gasteiger partial charge in [0, 0.05) is 38.2 Å². The van der Waals surface area contributed by atoms with Crippen LogP contribution in [0.2, 0.25) is 0 Å². The van der Waals surface area contributed by atoms with Crippen molar-refractivity contribution in [1.29, 1.82) is 0 Å².